The van der Waals surface area contributed by atoms with E-state index < -0.39 is 28.5 Å². The maximum Gasteiger partial charge on any atom is 0.417 e. The van der Waals surface area contributed by atoms with Crippen molar-refractivity contribution in [2.45, 2.75) is 51.4 Å². The number of carbonyl (C=O) groups excluding carboxylic acids is 1. The zero-order chi connectivity index (χ0) is 21.6. The van der Waals surface area contributed by atoms with E-state index in [0.29, 0.717) is 43.2 Å². The molecule has 2 aliphatic rings. The van der Waals surface area contributed by atoms with Crippen LogP contribution in [0.25, 0.3) is 0 Å². The highest BCUT2D eigenvalue weighted by Gasteiger charge is 2.36. The Kier molecular flexibility index (Phi) is 5.42. The van der Waals surface area contributed by atoms with E-state index in [-0.39, 0.29) is 12.5 Å². The highest BCUT2D eigenvalue weighted by molar-refractivity contribution is 6.31. The summed E-state index contributed by atoms with van der Waals surface area (Å²) in [5.41, 5.74) is -0.914. The van der Waals surface area contributed by atoms with E-state index in [1.165, 1.54) is 21.4 Å². The third-order valence-corrected chi connectivity index (χ3v) is 6.14. The summed E-state index contributed by atoms with van der Waals surface area (Å²) in [5, 5.41) is 3.93. The summed E-state index contributed by atoms with van der Waals surface area (Å²) >= 11 is 5.79. The van der Waals surface area contributed by atoms with Crippen LogP contribution in [0.15, 0.2) is 23.0 Å². The molecule has 30 heavy (non-hydrogen) atoms. The Hall–Kier alpha value is -2.29. The highest BCUT2D eigenvalue weighted by atomic mass is 35.5. The molecule has 162 valence electrons. The van der Waals surface area contributed by atoms with Crippen LogP contribution in [0.1, 0.15) is 49.2 Å². The second-order valence-electron chi connectivity index (χ2n) is 8.12. The van der Waals surface area contributed by atoms with Crippen LogP contribution in [0.3, 0.4) is 0 Å². The first-order valence-corrected chi connectivity index (χ1v) is 10.4. The first-order valence-electron chi connectivity index (χ1n) is 9.98. The van der Waals surface area contributed by atoms with Crippen LogP contribution in [0.4, 0.5) is 13.2 Å². The van der Waals surface area contributed by atoms with Crippen molar-refractivity contribution >= 4 is 17.5 Å². The van der Waals surface area contributed by atoms with Crippen LogP contribution in [-0.2, 0) is 23.9 Å². The molecule has 1 aromatic heterocycles. The van der Waals surface area contributed by atoms with Crippen molar-refractivity contribution in [1.82, 2.24) is 19.2 Å². The zero-order valence-electron chi connectivity index (χ0n) is 16.5. The Bertz CT molecular complexity index is 1030. The molecule has 4 rings (SSSR count). The lowest BCUT2D eigenvalue weighted by atomic mass is 10.0. The maximum atomic E-state index is 13.0. The first-order chi connectivity index (χ1) is 14.1. The van der Waals surface area contributed by atoms with Crippen molar-refractivity contribution in [3.8, 4) is 0 Å². The summed E-state index contributed by atoms with van der Waals surface area (Å²) < 4.78 is 41.4. The van der Waals surface area contributed by atoms with Crippen LogP contribution in [0.2, 0.25) is 5.02 Å². The largest absolute Gasteiger partial charge is 0.417 e. The Balaban J connectivity index is 1.60. The number of hydrogen-bond acceptors (Lipinski definition) is 3. The van der Waals surface area contributed by atoms with E-state index in [1.807, 2.05) is 4.90 Å². The maximum absolute atomic E-state index is 13.0. The SMILES string of the molecule is C[C@H]1CCN(C(=O)[C@@H]2CCCc3nn(Cc4ccc(C(F)(F)F)c(Cl)c4)c(=O)n32)C1. The summed E-state index contributed by atoms with van der Waals surface area (Å²) in [5.74, 6) is 0.926. The van der Waals surface area contributed by atoms with Gasteiger partial charge in [-0.25, -0.2) is 9.48 Å². The zero-order valence-corrected chi connectivity index (χ0v) is 17.2. The third kappa shape index (κ3) is 3.87. The molecule has 2 aromatic rings. The minimum Gasteiger partial charge on any atom is -0.341 e. The number of rotatable bonds is 3. The van der Waals surface area contributed by atoms with Gasteiger partial charge in [-0.1, -0.05) is 24.6 Å². The van der Waals surface area contributed by atoms with E-state index in [0.717, 1.165) is 18.9 Å². The number of carbonyl (C=O) groups is 1. The Morgan fingerprint density at radius 1 is 1.30 bits per heavy atom. The van der Waals surface area contributed by atoms with Gasteiger partial charge in [-0.3, -0.25) is 9.36 Å². The van der Waals surface area contributed by atoms with Crippen LogP contribution >= 0.6 is 11.6 Å². The van der Waals surface area contributed by atoms with Gasteiger partial charge in [0.2, 0.25) is 5.91 Å². The quantitative estimate of drug-likeness (QED) is 0.731. The van der Waals surface area contributed by atoms with E-state index in [1.54, 1.807) is 0 Å². The van der Waals surface area contributed by atoms with Gasteiger partial charge in [0.25, 0.3) is 0 Å². The van der Waals surface area contributed by atoms with Gasteiger partial charge >= 0.3 is 11.9 Å². The fourth-order valence-corrected chi connectivity index (χ4v) is 4.58. The van der Waals surface area contributed by atoms with Gasteiger partial charge in [-0.2, -0.15) is 18.3 Å². The summed E-state index contributed by atoms with van der Waals surface area (Å²) in [6.07, 6.45) is -1.68. The second-order valence-corrected chi connectivity index (χ2v) is 8.53. The molecule has 0 spiro atoms. The fraction of sp³-hybridized carbons (Fsp3) is 0.550. The van der Waals surface area contributed by atoms with Crippen LogP contribution in [0.5, 0.6) is 0 Å². The highest BCUT2D eigenvalue weighted by Crippen LogP contribution is 2.35. The minimum atomic E-state index is -4.54. The number of benzene rings is 1. The molecule has 0 bridgehead atoms. The molecular weight excluding hydrogens is 421 g/mol. The number of amides is 1. The first kappa shape index (κ1) is 21.0. The normalized spacial score (nSPS) is 21.7. The number of halogens is 4. The number of alkyl halides is 3. The van der Waals surface area contributed by atoms with Crippen molar-refractivity contribution in [3.05, 3.63) is 50.7 Å². The summed E-state index contributed by atoms with van der Waals surface area (Å²) in [6, 6.07) is 2.81. The van der Waals surface area contributed by atoms with Crippen LogP contribution in [0, 0.1) is 5.92 Å². The monoisotopic (exact) mass is 442 g/mol. The molecule has 1 aromatic carbocycles. The standard InChI is InChI=1S/C20H22ClF3N4O2/c1-12-7-8-26(10-12)18(29)16-3-2-4-17-25-27(19(30)28(16)17)11-13-5-6-14(15(21)9-13)20(22,23)24/h5-6,9,12,16H,2-4,7-8,10-11H2,1H3/t12-,16-/m0/s1. The molecule has 10 heteroatoms. The van der Waals surface area contributed by atoms with Crippen molar-refractivity contribution in [2.24, 2.45) is 5.92 Å². The second kappa shape index (κ2) is 7.76. The van der Waals surface area contributed by atoms with Crippen molar-refractivity contribution in [3.63, 3.8) is 0 Å². The number of aryl methyl sites for hydroxylation is 1. The summed E-state index contributed by atoms with van der Waals surface area (Å²) in [4.78, 5) is 27.8. The van der Waals surface area contributed by atoms with Gasteiger partial charge in [-0.15, -0.1) is 0 Å². The Morgan fingerprint density at radius 3 is 2.70 bits per heavy atom. The van der Waals surface area contributed by atoms with E-state index >= 15 is 0 Å². The molecule has 0 unspecified atom stereocenters. The summed E-state index contributed by atoms with van der Waals surface area (Å²) in [6.45, 7) is 3.47. The van der Waals surface area contributed by atoms with Gasteiger partial charge in [0.1, 0.15) is 11.9 Å². The van der Waals surface area contributed by atoms with Gasteiger partial charge in [-0.05, 0) is 42.9 Å². The molecule has 0 radical (unpaired) electrons. The van der Waals surface area contributed by atoms with Crippen molar-refractivity contribution < 1.29 is 18.0 Å². The molecule has 1 amide bonds. The van der Waals surface area contributed by atoms with Gasteiger partial charge in [0, 0.05) is 19.5 Å². The lowest BCUT2D eigenvalue weighted by Gasteiger charge is -2.27. The Morgan fingerprint density at radius 2 is 2.07 bits per heavy atom. The fourth-order valence-electron chi connectivity index (χ4n) is 4.27. The molecule has 1 fully saturated rings. The molecule has 0 aliphatic carbocycles. The third-order valence-electron chi connectivity index (χ3n) is 5.82. The molecule has 0 N–H and O–H groups in total. The van der Waals surface area contributed by atoms with Gasteiger partial charge in [0.05, 0.1) is 17.1 Å². The predicted molar refractivity (Wildman–Crippen MR) is 104 cm³/mol. The predicted octanol–water partition coefficient (Wildman–Crippen LogP) is 3.51. The number of hydrogen-bond donors (Lipinski definition) is 0. The summed E-state index contributed by atoms with van der Waals surface area (Å²) in [7, 11) is 0. The molecule has 1 saturated heterocycles. The Labute approximate surface area is 176 Å². The average Bonchev–Trinajstić information content (AvgIpc) is 3.24. The van der Waals surface area contributed by atoms with Crippen molar-refractivity contribution in [1.29, 1.82) is 0 Å². The molecule has 2 aliphatic heterocycles. The number of fused-ring (bicyclic) bond motifs is 1. The van der Waals surface area contributed by atoms with E-state index in [9.17, 15) is 22.8 Å². The van der Waals surface area contributed by atoms with Gasteiger partial charge in [0.15, 0.2) is 0 Å². The smallest absolute Gasteiger partial charge is 0.341 e. The molecule has 0 saturated carbocycles. The molecule has 2 atom stereocenters. The number of nitrogens with zero attached hydrogens (tertiary/aromatic N) is 4. The lowest BCUT2D eigenvalue weighted by Crippen LogP contribution is -2.41. The van der Waals surface area contributed by atoms with Gasteiger partial charge < -0.3 is 4.90 Å². The number of aromatic nitrogens is 3. The lowest BCUT2D eigenvalue weighted by molar-refractivity contribution is -0.137. The van der Waals surface area contributed by atoms with Crippen LogP contribution in [-0.4, -0.2) is 38.2 Å². The van der Waals surface area contributed by atoms with Crippen molar-refractivity contribution in [2.75, 3.05) is 13.1 Å². The van der Waals surface area contributed by atoms with Crippen LogP contribution < -0.4 is 5.69 Å². The van der Waals surface area contributed by atoms with E-state index in [4.69, 9.17) is 11.6 Å². The number of likely N-dealkylation sites (tertiary alicyclic amines) is 1. The molecular formula is C20H22ClF3N4O2. The average molecular weight is 443 g/mol. The van der Waals surface area contributed by atoms with E-state index in [2.05, 4.69) is 12.0 Å². The minimum absolute atomic E-state index is 0.0155. The molecule has 3 heterocycles. The topological polar surface area (TPSA) is 60.1 Å². The molecule has 6 nitrogen and oxygen atoms in total.